The number of nitrogens with zero attached hydrogens (tertiary/aromatic N) is 3. The van der Waals surface area contributed by atoms with Gasteiger partial charge in [-0.25, -0.2) is 14.4 Å². The van der Waals surface area contributed by atoms with Gasteiger partial charge in [0, 0.05) is 6.54 Å². The van der Waals surface area contributed by atoms with E-state index in [9.17, 15) is 14.0 Å². The van der Waals surface area contributed by atoms with E-state index in [-0.39, 0.29) is 23.0 Å². The number of fused-ring (bicyclic) bond motifs is 2. The van der Waals surface area contributed by atoms with Crippen LogP contribution in [0.1, 0.15) is 6.92 Å². The molecule has 0 radical (unpaired) electrons. The zero-order valence-corrected chi connectivity index (χ0v) is 16.4. The molecular formula is C19H15FN4O2S2. The monoisotopic (exact) mass is 414 g/mol. The Morgan fingerprint density at radius 1 is 1.21 bits per heavy atom. The largest absolute Gasteiger partial charge is 0.301 e. The van der Waals surface area contributed by atoms with Gasteiger partial charge in [-0.2, -0.15) is 0 Å². The lowest BCUT2D eigenvalue weighted by molar-refractivity contribution is -0.113. The Morgan fingerprint density at radius 3 is 2.86 bits per heavy atom. The molecule has 2 heterocycles. The number of rotatable bonds is 5. The first-order valence-corrected chi connectivity index (χ1v) is 10.3. The average Bonchev–Trinajstić information content (AvgIpc) is 3.07. The van der Waals surface area contributed by atoms with E-state index in [1.807, 2.05) is 13.0 Å². The van der Waals surface area contributed by atoms with Crippen molar-refractivity contribution in [2.24, 2.45) is 0 Å². The van der Waals surface area contributed by atoms with Crippen molar-refractivity contribution in [3.8, 4) is 0 Å². The molecule has 2 aromatic carbocycles. The van der Waals surface area contributed by atoms with Gasteiger partial charge in [-0.05, 0) is 37.3 Å². The van der Waals surface area contributed by atoms with Crippen molar-refractivity contribution < 1.29 is 9.18 Å². The van der Waals surface area contributed by atoms with Gasteiger partial charge in [0.1, 0.15) is 5.82 Å². The van der Waals surface area contributed by atoms with Crippen LogP contribution in [0, 0.1) is 5.82 Å². The number of aromatic nitrogens is 3. The minimum absolute atomic E-state index is 0.0784. The first-order chi connectivity index (χ1) is 13.5. The minimum Gasteiger partial charge on any atom is -0.301 e. The highest BCUT2D eigenvalue weighted by Crippen LogP contribution is 2.27. The predicted octanol–water partition coefficient (Wildman–Crippen LogP) is 3.90. The van der Waals surface area contributed by atoms with E-state index in [0.29, 0.717) is 38.0 Å². The summed E-state index contributed by atoms with van der Waals surface area (Å²) in [7, 11) is 0. The first kappa shape index (κ1) is 18.6. The van der Waals surface area contributed by atoms with Crippen molar-refractivity contribution in [2.45, 2.75) is 18.6 Å². The summed E-state index contributed by atoms with van der Waals surface area (Å²) in [6.07, 6.45) is 0. The smallest absolute Gasteiger partial charge is 0.262 e. The van der Waals surface area contributed by atoms with E-state index in [4.69, 9.17) is 0 Å². The van der Waals surface area contributed by atoms with Crippen molar-refractivity contribution in [1.82, 2.24) is 14.5 Å². The second-order valence-corrected chi connectivity index (χ2v) is 7.90. The number of amides is 1. The molecule has 0 spiro atoms. The van der Waals surface area contributed by atoms with Crippen molar-refractivity contribution in [2.75, 3.05) is 11.1 Å². The van der Waals surface area contributed by atoms with Crippen LogP contribution in [-0.2, 0) is 11.3 Å². The summed E-state index contributed by atoms with van der Waals surface area (Å²) in [6.45, 7) is 2.33. The normalized spacial score (nSPS) is 11.2. The van der Waals surface area contributed by atoms with Crippen molar-refractivity contribution in [3.63, 3.8) is 0 Å². The molecule has 0 atom stereocenters. The van der Waals surface area contributed by atoms with E-state index in [1.165, 1.54) is 35.2 Å². The molecule has 1 amide bonds. The highest BCUT2D eigenvalue weighted by molar-refractivity contribution is 7.99. The molecule has 6 nitrogen and oxygen atoms in total. The molecule has 0 aliphatic rings. The quantitative estimate of drug-likeness (QED) is 0.396. The second kappa shape index (κ2) is 7.69. The van der Waals surface area contributed by atoms with E-state index in [0.717, 1.165) is 0 Å². The molecule has 2 aromatic heterocycles. The van der Waals surface area contributed by atoms with Crippen LogP contribution in [0.5, 0.6) is 0 Å². The van der Waals surface area contributed by atoms with Crippen molar-refractivity contribution >= 4 is 55.3 Å². The molecule has 0 bridgehead atoms. The van der Waals surface area contributed by atoms with Crippen LogP contribution in [0.3, 0.4) is 0 Å². The van der Waals surface area contributed by atoms with Gasteiger partial charge in [-0.15, -0.1) is 0 Å². The van der Waals surface area contributed by atoms with Crippen LogP contribution in [-0.4, -0.2) is 26.2 Å². The Labute approximate surface area is 167 Å². The van der Waals surface area contributed by atoms with Gasteiger partial charge in [0.25, 0.3) is 5.56 Å². The molecule has 0 saturated heterocycles. The summed E-state index contributed by atoms with van der Waals surface area (Å²) in [5.74, 6) is -0.534. The van der Waals surface area contributed by atoms with Crippen LogP contribution in [0.4, 0.5) is 9.52 Å². The molecule has 1 N–H and O–H groups in total. The molecule has 4 rings (SSSR count). The Kier molecular flexibility index (Phi) is 5.10. The lowest BCUT2D eigenvalue weighted by Crippen LogP contribution is -2.23. The van der Waals surface area contributed by atoms with E-state index >= 15 is 0 Å². The van der Waals surface area contributed by atoms with Crippen LogP contribution >= 0.6 is 23.1 Å². The lowest BCUT2D eigenvalue weighted by atomic mass is 10.2. The number of para-hydroxylation sites is 1. The standard InChI is InChI=1S/C19H15FN4O2S2/c1-2-24-17(26)12-5-3-4-6-13(12)22-19(24)27-10-16(25)23-18-21-14-8-7-11(20)9-15(14)28-18/h3-9H,2,10H2,1H3,(H,21,23,25). The average molecular weight is 414 g/mol. The number of anilines is 1. The van der Waals surface area contributed by atoms with E-state index in [1.54, 1.807) is 28.8 Å². The third-order valence-electron chi connectivity index (χ3n) is 4.07. The fourth-order valence-electron chi connectivity index (χ4n) is 2.77. The molecule has 0 fully saturated rings. The molecular weight excluding hydrogens is 399 g/mol. The molecule has 142 valence electrons. The van der Waals surface area contributed by atoms with Gasteiger partial charge in [0.2, 0.25) is 5.91 Å². The fraction of sp³-hybridized carbons (Fsp3) is 0.158. The van der Waals surface area contributed by atoms with Gasteiger partial charge < -0.3 is 5.32 Å². The summed E-state index contributed by atoms with van der Waals surface area (Å²) >= 11 is 2.40. The molecule has 0 unspecified atom stereocenters. The molecule has 0 aliphatic heterocycles. The highest BCUT2D eigenvalue weighted by atomic mass is 32.2. The zero-order chi connectivity index (χ0) is 19.7. The van der Waals surface area contributed by atoms with E-state index in [2.05, 4.69) is 15.3 Å². The number of hydrogen-bond donors (Lipinski definition) is 1. The van der Waals surface area contributed by atoms with E-state index < -0.39 is 0 Å². The number of benzene rings is 2. The molecule has 28 heavy (non-hydrogen) atoms. The van der Waals surface area contributed by atoms with Gasteiger partial charge >= 0.3 is 0 Å². The summed E-state index contributed by atoms with van der Waals surface area (Å²) < 4.78 is 15.5. The molecule has 0 saturated carbocycles. The summed E-state index contributed by atoms with van der Waals surface area (Å²) in [4.78, 5) is 33.7. The minimum atomic E-state index is -0.343. The summed E-state index contributed by atoms with van der Waals surface area (Å²) in [5, 5.41) is 4.18. The molecule has 0 aliphatic carbocycles. The predicted molar refractivity (Wildman–Crippen MR) is 111 cm³/mol. The first-order valence-electron chi connectivity index (χ1n) is 8.53. The molecule has 4 aromatic rings. The fourth-order valence-corrected chi connectivity index (χ4v) is 4.54. The maximum Gasteiger partial charge on any atom is 0.262 e. The number of carbonyl (C=O) groups excluding carboxylic acids is 1. The van der Waals surface area contributed by atoms with Crippen LogP contribution in [0.25, 0.3) is 21.1 Å². The van der Waals surface area contributed by atoms with Crippen molar-refractivity contribution in [1.29, 1.82) is 0 Å². The number of halogens is 1. The third kappa shape index (κ3) is 3.63. The van der Waals surface area contributed by atoms with Gasteiger partial charge in [0.05, 0.1) is 26.9 Å². The third-order valence-corrected chi connectivity index (χ3v) is 5.98. The van der Waals surface area contributed by atoms with Crippen molar-refractivity contribution in [3.05, 3.63) is 58.6 Å². The van der Waals surface area contributed by atoms with Gasteiger partial charge in [0.15, 0.2) is 10.3 Å². The SMILES string of the molecule is CCn1c(SCC(=O)Nc2nc3ccc(F)cc3s2)nc2ccccc2c1=O. The second-order valence-electron chi connectivity index (χ2n) is 5.93. The number of carbonyl (C=O) groups is 1. The van der Waals surface area contributed by atoms with Crippen LogP contribution in [0.2, 0.25) is 0 Å². The summed E-state index contributed by atoms with van der Waals surface area (Å²) in [5.41, 5.74) is 1.11. The Hall–Kier alpha value is -2.78. The number of thioether (sulfide) groups is 1. The maximum absolute atomic E-state index is 13.3. The zero-order valence-electron chi connectivity index (χ0n) is 14.8. The Balaban J connectivity index is 1.52. The Morgan fingerprint density at radius 2 is 2.04 bits per heavy atom. The Bertz CT molecular complexity index is 1250. The number of nitrogens with one attached hydrogen (secondary N) is 1. The lowest BCUT2D eigenvalue weighted by Gasteiger charge is -2.10. The van der Waals surface area contributed by atoms with Gasteiger partial charge in [-0.3, -0.25) is 14.2 Å². The van der Waals surface area contributed by atoms with Crippen LogP contribution in [0.15, 0.2) is 52.4 Å². The van der Waals surface area contributed by atoms with Crippen LogP contribution < -0.4 is 10.9 Å². The number of thiazole rings is 1. The maximum atomic E-state index is 13.3. The molecule has 9 heteroatoms. The topological polar surface area (TPSA) is 76.9 Å². The van der Waals surface area contributed by atoms with Gasteiger partial charge in [-0.1, -0.05) is 35.2 Å². The summed E-state index contributed by atoms with van der Waals surface area (Å²) in [6, 6.07) is 11.4. The number of hydrogen-bond acceptors (Lipinski definition) is 6. The highest BCUT2D eigenvalue weighted by Gasteiger charge is 2.13.